The summed E-state index contributed by atoms with van der Waals surface area (Å²) >= 11 is 5.69. The highest BCUT2D eigenvalue weighted by Crippen LogP contribution is 2.22. The number of hydrogen-bond donors (Lipinski definition) is 0. The number of nitrogens with zero attached hydrogens (tertiary/aromatic N) is 3. The summed E-state index contributed by atoms with van der Waals surface area (Å²) in [6, 6.07) is 4.04. The molecule has 0 atom stereocenters. The molecule has 0 aromatic carbocycles. The molecule has 0 N–H and O–H groups in total. The number of aromatic nitrogens is 3. The van der Waals surface area contributed by atoms with E-state index in [1.54, 1.807) is 6.20 Å². The van der Waals surface area contributed by atoms with E-state index < -0.39 is 0 Å². The van der Waals surface area contributed by atoms with Gasteiger partial charge in [0, 0.05) is 22.3 Å². The van der Waals surface area contributed by atoms with Crippen molar-refractivity contribution in [2.75, 3.05) is 0 Å². The lowest BCUT2D eigenvalue weighted by Gasteiger charge is -2.00. The molecule has 0 fully saturated rings. The number of halogens is 2. The Morgan fingerprint density at radius 1 is 1.27 bits per heavy atom. The molecule has 0 radical (unpaired) electrons. The third kappa shape index (κ3) is 1.45. The minimum absolute atomic E-state index is 0.950. The molecule has 0 spiro atoms. The zero-order valence-corrected chi connectivity index (χ0v) is 11.2. The predicted molar refractivity (Wildman–Crippen MR) is 70.9 cm³/mol. The van der Waals surface area contributed by atoms with Crippen molar-refractivity contribution in [2.45, 2.75) is 0 Å². The maximum atomic E-state index is 4.38. The van der Waals surface area contributed by atoms with Gasteiger partial charge in [-0.2, -0.15) is 0 Å². The van der Waals surface area contributed by atoms with Crippen LogP contribution in [0.4, 0.5) is 0 Å². The molecule has 0 saturated carbocycles. The van der Waals surface area contributed by atoms with Crippen molar-refractivity contribution >= 4 is 55.1 Å². The smallest absolute Gasteiger partial charge is 0.147 e. The van der Waals surface area contributed by atoms with E-state index in [2.05, 4.69) is 52.9 Å². The van der Waals surface area contributed by atoms with Gasteiger partial charge in [-0.25, -0.2) is 4.98 Å². The average molecular weight is 374 g/mol. The molecule has 3 aromatic heterocycles. The van der Waals surface area contributed by atoms with Gasteiger partial charge in [0.05, 0.1) is 11.7 Å². The molecule has 3 heterocycles. The van der Waals surface area contributed by atoms with Crippen molar-refractivity contribution in [2.24, 2.45) is 0 Å². The molecule has 74 valence electrons. The van der Waals surface area contributed by atoms with Gasteiger partial charge in [0.1, 0.15) is 9.35 Å². The van der Waals surface area contributed by atoms with Crippen LogP contribution in [-0.4, -0.2) is 14.4 Å². The Labute approximate surface area is 108 Å². The molecule has 0 amide bonds. The molecule has 0 saturated heterocycles. The molecule has 0 aliphatic heterocycles. The third-order valence-corrected chi connectivity index (χ3v) is 3.49. The van der Waals surface area contributed by atoms with E-state index in [4.69, 9.17) is 0 Å². The second-order valence-corrected chi connectivity index (χ2v) is 5.20. The SMILES string of the molecule is Brc1cnc2ccn3c(I)cnc3c2c1. The fourth-order valence-electron chi connectivity index (χ4n) is 1.59. The van der Waals surface area contributed by atoms with Crippen molar-refractivity contribution in [3.05, 3.63) is 38.9 Å². The van der Waals surface area contributed by atoms with Gasteiger partial charge in [-0.3, -0.25) is 9.38 Å². The number of hydrogen-bond acceptors (Lipinski definition) is 2. The highest BCUT2D eigenvalue weighted by Gasteiger charge is 2.05. The molecule has 3 nitrogen and oxygen atoms in total. The molecule has 3 rings (SSSR count). The second-order valence-electron chi connectivity index (χ2n) is 3.18. The van der Waals surface area contributed by atoms with Crippen LogP contribution in [0.2, 0.25) is 0 Å². The summed E-state index contributed by atoms with van der Waals surface area (Å²) < 4.78 is 4.13. The van der Waals surface area contributed by atoms with Crippen LogP contribution in [0.1, 0.15) is 0 Å². The lowest BCUT2D eigenvalue weighted by Crippen LogP contribution is -1.89. The molecule has 3 aromatic rings. The number of rotatable bonds is 0. The standard InChI is InChI=1S/C10H5BrIN3/c11-6-3-7-8(13-4-6)1-2-15-9(12)5-14-10(7)15/h1-5H. The highest BCUT2D eigenvalue weighted by molar-refractivity contribution is 14.1. The van der Waals surface area contributed by atoms with Crippen molar-refractivity contribution in [3.8, 4) is 0 Å². The van der Waals surface area contributed by atoms with Crippen LogP contribution in [0, 0.1) is 3.70 Å². The van der Waals surface area contributed by atoms with Gasteiger partial charge < -0.3 is 0 Å². The fraction of sp³-hybridized carbons (Fsp3) is 0. The quantitative estimate of drug-likeness (QED) is 0.566. The van der Waals surface area contributed by atoms with Gasteiger partial charge in [0.2, 0.25) is 0 Å². The molecular weight excluding hydrogens is 369 g/mol. The number of pyridine rings is 2. The lowest BCUT2D eigenvalue weighted by molar-refractivity contribution is 1.16. The Kier molecular flexibility index (Phi) is 2.17. The summed E-state index contributed by atoms with van der Waals surface area (Å²) in [5.74, 6) is 0. The Morgan fingerprint density at radius 2 is 2.13 bits per heavy atom. The highest BCUT2D eigenvalue weighted by atomic mass is 127. The summed E-state index contributed by atoms with van der Waals surface area (Å²) in [5, 5.41) is 1.06. The maximum Gasteiger partial charge on any atom is 0.147 e. The van der Waals surface area contributed by atoms with Gasteiger partial charge in [-0.15, -0.1) is 0 Å². The second kappa shape index (κ2) is 3.41. The molecule has 0 aliphatic rings. The van der Waals surface area contributed by atoms with Crippen molar-refractivity contribution < 1.29 is 0 Å². The Balaban J connectivity index is 2.57. The summed E-state index contributed by atoms with van der Waals surface area (Å²) in [7, 11) is 0. The Bertz CT molecular complexity index is 662. The zero-order valence-electron chi connectivity index (χ0n) is 7.48. The zero-order chi connectivity index (χ0) is 10.4. The third-order valence-electron chi connectivity index (χ3n) is 2.26. The lowest BCUT2D eigenvalue weighted by atomic mass is 10.2. The van der Waals surface area contributed by atoms with Crippen molar-refractivity contribution in [1.82, 2.24) is 14.4 Å². The van der Waals surface area contributed by atoms with E-state index in [1.165, 1.54) is 0 Å². The largest absolute Gasteiger partial charge is 0.294 e. The van der Waals surface area contributed by atoms with E-state index in [1.807, 2.05) is 24.5 Å². The van der Waals surface area contributed by atoms with E-state index in [-0.39, 0.29) is 0 Å². The number of fused-ring (bicyclic) bond motifs is 3. The summed E-state index contributed by atoms with van der Waals surface area (Å²) in [6.45, 7) is 0. The van der Waals surface area contributed by atoms with Crippen LogP contribution in [0.5, 0.6) is 0 Å². The van der Waals surface area contributed by atoms with Gasteiger partial charge in [-0.05, 0) is 50.7 Å². The fourth-order valence-corrected chi connectivity index (χ4v) is 2.45. The summed E-state index contributed by atoms with van der Waals surface area (Å²) in [5.41, 5.74) is 1.92. The van der Waals surface area contributed by atoms with Crippen LogP contribution >= 0.6 is 38.5 Å². The molecule has 0 aliphatic carbocycles. The summed E-state index contributed by atoms with van der Waals surface area (Å²) in [4.78, 5) is 8.72. The molecular formula is C10H5BrIN3. The van der Waals surface area contributed by atoms with Crippen LogP contribution in [-0.2, 0) is 0 Å². The predicted octanol–water partition coefficient (Wildman–Crippen LogP) is 3.25. The topological polar surface area (TPSA) is 30.2 Å². The summed E-state index contributed by atoms with van der Waals surface area (Å²) in [6.07, 6.45) is 5.65. The average Bonchev–Trinajstić information content (AvgIpc) is 2.61. The van der Waals surface area contributed by atoms with Crippen molar-refractivity contribution in [3.63, 3.8) is 0 Å². The first-order chi connectivity index (χ1) is 7.25. The maximum absolute atomic E-state index is 4.38. The van der Waals surface area contributed by atoms with E-state index in [0.29, 0.717) is 0 Å². The Hall–Kier alpha value is -0.690. The van der Waals surface area contributed by atoms with E-state index in [0.717, 1.165) is 24.7 Å². The van der Waals surface area contributed by atoms with Crippen LogP contribution in [0.25, 0.3) is 16.6 Å². The normalized spacial score (nSPS) is 11.3. The van der Waals surface area contributed by atoms with Gasteiger partial charge in [-0.1, -0.05) is 0 Å². The molecule has 0 bridgehead atoms. The molecule has 0 unspecified atom stereocenters. The van der Waals surface area contributed by atoms with Crippen molar-refractivity contribution in [1.29, 1.82) is 0 Å². The van der Waals surface area contributed by atoms with Gasteiger partial charge in [0.25, 0.3) is 0 Å². The van der Waals surface area contributed by atoms with Gasteiger partial charge >= 0.3 is 0 Å². The minimum atomic E-state index is 0.950. The molecule has 15 heavy (non-hydrogen) atoms. The van der Waals surface area contributed by atoms with Crippen LogP contribution in [0.15, 0.2) is 35.2 Å². The first-order valence-electron chi connectivity index (χ1n) is 4.32. The van der Waals surface area contributed by atoms with Crippen LogP contribution in [0.3, 0.4) is 0 Å². The van der Waals surface area contributed by atoms with Gasteiger partial charge in [0.15, 0.2) is 0 Å². The van der Waals surface area contributed by atoms with Crippen LogP contribution < -0.4 is 0 Å². The first kappa shape index (κ1) is 9.53. The van der Waals surface area contributed by atoms with E-state index >= 15 is 0 Å². The molecule has 5 heteroatoms. The first-order valence-corrected chi connectivity index (χ1v) is 6.20. The monoisotopic (exact) mass is 373 g/mol. The number of imidazole rings is 1. The van der Waals surface area contributed by atoms with E-state index in [9.17, 15) is 0 Å². The minimum Gasteiger partial charge on any atom is -0.294 e. The Morgan fingerprint density at radius 3 is 3.00 bits per heavy atom.